The number of hydrogen-bond donors (Lipinski definition) is 1. The first-order chi connectivity index (χ1) is 17.6. The van der Waals surface area contributed by atoms with Gasteiger partial charge in [0.1, 0.15) is 6.61 Å². The molecule has 3 N–H and O–H groups in total. The third-order valence-electron chi connectivity index (χ3n) is 5.25. The highest BCUT2D eigenvalue weighted by atomic mass is 32.2. The molecule has 12 heteroatoms. The van der Waals surface area contributed by atoms with E-state index in [-0.39, 0.29) is 36.8 Å². The van der Waals surface area contributed by atoms with E-state index in [0.717, 1.165) is 6.26 Å². The third kappa shape index (κ3) is 10.0. The van der Waals surface area contributed by atoms with Crippen LogP contribution in [0.5, 0.6) is 0 Å². The molecule has 0 saturated carbocycles. The first kappa shape index (κ1) is 29.5. The molecule has 37 heavy (non-hydrogen) atoms. The fourth-order valence-electron chi connectivity index (χ4n) is 3.38. The lowest BCUT2D eigenvalue weighted by molar-refractivity contribution is -0.757. The molecule has 0 unspecified atom stereocenters. The number of benzene rings is 2. The maximum Gasteiger partial charge on any atom is 0.361 e. The number of ether oxygens (including phenoxy) is 2. The summed E-state index contributed by atoms with van der Waals surface area (Å²) in [5, 5.41) is 9.34. The summed E-state index contributed by atoms with van der Waals surface area (Å²) >= 11 is 0. The van der Waals surface area contributed by atoms with Crippen LogP contribution in [0.2, 0.25) is 0 Å². The van der Waals surface area contributed by atoms with Crippen LogP contribution >= 0.6 is 0 Å². The van der Waals surface area contributed by atoms with E-state index >= 15 is 0 Å². The van der Waals surface area contributed by atoms with E-state index in [1.54, 1.807) is 42.5 Å². The van der Waals surface area contributed by atoms with Crippen molar-refractivity contribution in [1.29, 1.82) is 0 Å². The van der Waals surface area contributed by atoms with Gasteiger partial charge in [-0.2, -0.15) is 0 Å². The van der Waals surface area contributed by atoms with Gasteiger partial charge in [0, 0.05) is 11.8 Å². The number of quaternary nitrogens is 1. The van der Waals surface area contributed by atoms with Gasteiger partial charge < -0.3 is 20.0 Å². The van der Waals surface area contributed by atoms with Gasteiger partial charge in [0.05, 0.1) is 23.7 Å². The summed E-state index contributed by atoms with van der Waals surface area (Å²) in [6.45, 7) is -0.216. The lowest BCUT2D eigenvalue weighted by Gasteiger charge is -2.16. The van der Waals surface area contributed by atoms with Crippen LogP contribution in [0.4, 0.5) is 0 Å². The maximum atomic E-state index is 13.3. The predicted octanol–water partition coefficient (Wildman–Crippen LogP) is 2.10. The van der Waals surface area contributed by atoms with E-state index in [1.165, 1.54) is 12.1 Å². The van der Waals surface area contributed by atoms with Gasteiger partial charge in [-0.3, -0.25) is 0 Å². The normalized spacial score (nSPS) is 11.8. The lowest BCUT2D eigenvalue weighted by Crippen LogP contribution is -2.54. The fourth-order valence-corrected chi connectivity index (χ4v) is 4.01. The van der Waals surface area contributed by atoms with Crippen molar-refractivity contribution in [2.75, 3.05) is 32.6 Å². The highest BCUT2D eigenvalue weighted by Gasteiger charge is 2.22. The standard InChI is InChI=1S/C25H30N2O9S/c1-37(32,33)21-13-11-19(12-14-21)22(18-35-23(28)17-26)24(20-9-5-4-6-10-20)25(29)34-15-7-2-3-8-16-36-27(30)31/h4-6,9-14H,2-3,7-8,15-18,26H2,1H3/p+1/b24-22+. The molecular formula is C25H31N2O9S+. The third-order valence-corrected chi connectivity index (χ3v) is 6.38. The molecule has 0 aromatic heterocycles. The van der Waals surface area contributed by atoms with Crippen LogP contribution in [0.15, 0.2) is 59.5 Å². The van der Waals surface area contributed by atoms with Crippen LogP contribution in [-0.4, -0.2) is 58.1 Å². The molecule has 0 heterocycles. The lowest BCUT2D eigenvalue weighted by atomic mass is 9.95. The van der Waals surface area contributed by atoms with Crippen LogP contribution in [0.3, 0.4) is 0 Å². The van der Waals surface area contributed by atoms with Crippen LogP contribution in [0.25, 0.3) is 11.1 Å². The number of unbranched alkanes of at least 4 members (excludes halogenated alkanes) is 3. The van der Waals surface area contributed by atoms with Crippen molar-refractivity contribution in [2.24, 2.45) is 0 Å². The average molecular weight is 536 g/mol. The van der Waals surface area contributed by atoms with Crippen molar-refractivity contribution in [3.05, 3.63) is 75.8 Å². The summed E-state index contributed by atoms with van der Waals surface area (Å²) in [6.07, 6.45) is 3.50. The van der Waals surface area contributed by atoms with E-state index in [4.69, 9.17) is 9.47 Å². The van der Waals surface area contributed by atoms with Gasteiger partial charge in [-0.15, -0.1) is 10.1 Å². The number of nitrogens with zero attached hydrogens (tertiary/aromatic N) is 1. The minimum absolute atomic E-state index is 0.0150. The summed E-state index contributed by atoms with van der Waals surface area (Å²) in [5.74, 6) is -1.19. The zero-order valence-corrected chi connectivity index (χ0v) is 21.4. The van der Waals surface area contributed by atoms with Crippen molar-refractivity contribution in [1.82, 2.24) is 0 Å². The molecule has 11 nitrogen and oxygen atoms in total. The highest BCUT2D eigenvalue weighted by molar-refractivity contribution is 7.90. The molecular weight excluding hydrogens is 504 g/mol. The molecule has 0 amide bonds. The Morgan fingerprint density at radius 3 is 2.08 bits per heavy atom. The summed E-state index contributed by atoms with van der Waals surface area (Å²) in [6, 6.07) is 14.7. The number of hydrogen-bond acceptors (Lipinski definition) is 9. The first-order valence-electron chi connectivity index (χ1n) is 11.6. The molecule has 0 atom stereocenters. The SMILES string of the molecule is CS(=O)(=O)c1ccc(/C(COC(=O)C[NH3+])=C(/C(=O)OCCCCCCO[N+](=O)[O-])c2ccccc2)cc1. The quantitative estimate of drug-likeness (QED) is 0.0897. The largest absolute Gasteiger partial charge is 0.462 e. The second kappa shape index (κ2) is 14.7. The van der Waals surface area contributed by atoms with Gasteiger partial charge in [0.15, 0.2) is 16.4 Å². The molecule has 0 radical (unpaired) electrons. The average Bonchev–Trinajstić information content (AvgIpc) is 2.87. The Morgan fingerprint density at radius 1 is 0.892 bits per heavy atom. The van der Waals surface area contributed by atoms with Crippen molar-refractivity contribution < 1.29 is 43.1 Å². The molecule has 2 aromatic carbocycles. The van der Waals surface area contributed by atoms with Crippen LogP contribution < -0.4 is 5.73 Å². The zero-order chi connectivity index (χ0) is 27.3. The number of carbonyl (C=O) groups is 2. The Labute approximate surface area is 215 Å². The van der Waals surface area contributed by atoms with Gasteiger partial charge in [-0.25, -0.2) is 18.0 Å². The molecule has 2 rings (SSSR count). The molecule has 0 aliphatic rings. The maximum absolute atomic E-state index is 13.3. The number of sulfone groups is 1. The molecule has 0 aliphatic heterocycles. The van der Waals surface area contributed by atoms with E-state index < -0.39 is 26.9 Å². The van der Waals surface area contributed by atoms with E-state index in [2.05, 4.69) is 10.6 Å². The van der Waals surface area contributed by atoms with Gasteiger partial charge in [0.2, 0.25) is 0 Å². The molecule has 2 aromatic rings. The molecule has 0 bridgehead atoms. The Bertz CT molecular complexity index is 1190. The van der Waals surface area contributed by atoms with Gasteiger partial charge in [-0.05, 0) is 42.5 Å². The zero-order valence-electron chi connectivity index (χ0n) is 20.6. The van der Waals surface area contributed by atoms with E-state index in [9.17, 15) is 28.1 Å². The van der Waals surface area contributed by atoms with Crippen molar-refractivity contribution in [2.45, 2.75) is 30.6 Å². The van der Waals surface area contributed by atoms with Crippen LogP contribution in [-0.2, 0) is 33.7 Å². The second-order valence-corrected chi connectivity index (χ2v) is 10.0. The molecule has 0 fully saturated rings. The molecule has 200 valence electrons. The summed E-state index contributed by atoms with van der Waals surface area (Å²) in [5.41, 5.74) is 5.08. The van der Waals surface area contributed by atoms with E-state index in [0.29, 0.717) is 42.4 Å². The van der Waals surface area contributed by atoms with Crippen molar-refractivity contribution in [3.8, 4) is 0 Å². The number of carbonyl (C=O) groups excluding carboxylic acids is 2. The van der Waals surface area contributed by atoms with E-state index in [1.807, 2.05) is 0 Å². The molecule has 0 aliphatic carbocycles. The first-order valence-corrected chi connectivity index (χ1v) is 13.5. The Balaban J connectivity index is 2.31. The van der Waals surface area contributed by atoms with Crippen LogP contribution in [0.1, 0.15) is 36.8 Å². The second-order valence-electron chi connectivity index (χ2n) is 8.03. The monoisotopic (exact) mass is 535 g/mol. The number of esters is 2. The van der Waals surface area contributed by atoms with Crippen molar-refractivity contribution in [3.63, 3.8) is 0 Å². The highest BCUT2D eigenvalue weighted by Crippen LogP contribution is 2.29. The Morgan fingerprint density at radius 2 is 1.51 bits per heavy atom. The Kier molecular flexibility index (Phi) is 11.7. The molecule has 0 spiro atoms. The number of rotatable bonds is 15. The van der Waals surface area contributed by atoms with Crippen molar-refractivity contribution >= 4 is 32.9 Å². The summed E-state index contributed by atoms with van der Waals surface area (Å²) in [4.78, 5) is 39.7. The summed E-state index contributed by atoms with van der Waals surface area (Å²) < 4.78 is 34.6. The predicted molar refractivity (Wildman–Crippen MR) is 134 cm³/mol. The van der Waals surface area contributed by atoms with Crippen LogP contribution in [0, 0.1) is 10.1 Å². The minimum Gasteiger partial charge on any atom is -0.462 e. The fraction of sp³-hybridized carbons (Fsp3) is 0.360. The van der Waals surface area contributed by atoms with Gasteiger partial charge in [0.25, 0.3) is 5.09 Å². The minimum atomic E-state index is -3.43. The van der Waals surface area contributed by atoms with Gasteiger partial charge >= 0.3 is 11.9 Å². The molecule has 0 saturated heterocycles. The topological polar surface area (TPSA) is 167 Å². The summed E-state index contributed by atoms with van der Waals surface area (Å²) in [7, 11) is -3.43. The smallest absolute Gasteiger partial charge is 0.361 e. The Hall–Kier alpha value is -3.77. The van der Waals surface area contributed by atoms with Gasteiger partial charge in [-0.1, -0.05) is 48.9 Å².